The number of fused-ring (bicyclic) bond motifs is 1. The lowest BCUT2D eigenvalue weighted by Crippen LogP contribution is -2.26. The average molecular weight is 676 g/mol. The van der Waals surface area contributed by atoms with Gasteiger partial charge < -0.3 is 19.7 Å². The molecule has 1 aliphatic heterocycles. The van der Waals surface area contributed by atoms with Gasteiger partial charge in [-0.3, -0.25) is 0 Å². The minimum atomic E-state index is -3.92. The van der Waals surface area contributed by atoms with Gasteiger partial charge in [0.1, 0.15) is 0 Å². The van der Waals surface area contributed by atoms with E-state index in [0.717, 1.165) is 60.3 Å². The van der Waals surface area contributed by atoms with Crippen LogP contribution in [0.15, 0.2) is 120 Å². The standard InChI is InChI=1S/C38H36N4O2.CH4O3S/c1-41-36(27-40)38(31-16-8-3-9-17-31)32(26-39)20-21-33-25-35(30-14-6-2-7-15-30)34-18-10-11-19-37(34)42(33)23-12-4-5-13-29(28-44)22-24-43;1-5(2,3)4/h2-3,6-11,14-21,25,29,43-44H,4-5,12-13,22-24,28H2;1H3,(H,2,3,4)/p-1/b32-20?,33-21?,38-36-;. The van der Waals surface area contributed by atoms with Gasteiger partial charge in [-0.2, -0.15) is 5.26 Å². The van der Waals surface area contributed by atoms with E-state index >= 15 is 0 Å². The number of nitrogens with zero attached hydrogens (tertiary/aromatic N) is 4. The Balaban J connectivity index is 0.00000121. The number of aliphatic hydroxyl groups excluding tert-OH is 2. The number of anilines is 1. The van der Waals surface area contributed by atoms with Crippen LogP contribution in [0.5, 0.6) is 0 Å². The summed E-state index contributed by atoms with van der Waals surface area (Å²) in [7, 11) is -3.92. The first kappa shape index (κ1) is 38.2. The van der Waals surface area contributed by atoms with Crippen molar-refractivity contribution in [1.82, 2.24) is 0 Å². The summed E-state index contributed by atoms with van der Waals surface area (Å²) in [6.45, 7) is 8.52. The number of hydrogen-bond acceptors (Lipinski definition) is 8. The fourth-order valence-corrected chi connectivity index (χ4v) is 5.52. The molecule has 4 rings (SSSR count). The third kappa shape index (κ3) is 11.7. The van der Waals surface area contributed by atoms with Crippen LogP contribution in [0, 0.1) is 35.2 Å². The molecule has 0 amide bonds. The van der Waals surface area contributed by atoms with E-state index in [9.17, 15) is 20.7 Å². The fraction of sp³-hybridized carbons (Fsp3) is 0.256. The first-order valence-electron chi connectivity index (χ1n) is 15.8. The molecule has 3 aromatic rings. The summed E-state index contributed by atoms with van der Waals surface area (Å²) in [5, 5.41) is 38.8. The van der Waals surface area contributed by atoms with Gasteiger partial charge >= 0.3 is 0 Å². The van der Waals surface area contributed by atoms with Gasteiger partial charge in [0.15, 0.2) is 0 Å². The van der Waals surface area contributed by atoms with Crippen molar-refractivity contribution >= 4 is 27.0 Å². The highest BCUT2D eigenvalue weighted by molar-refractivity contribution is 7.84. The number of unbranched alkanes of at least 4 members (excludes halogenated alkanes) is 2. The van der Waals surface area contributed by atoms with Crippen molar-refractivity contribution in [2.75, 3.05) is 30.9 Å². The summed E-state index contributed by atoms with van der Waals surface area (Å²) < 4.78 is 27.2. The summed E-state index contributed by atoms with van der Waals surface area (Å²) >= 11 is 0. The van der Waals surface area contributed by atoms with Crippen LogP contribution in [-0.2, 0) is 10.1 Å². The second kappa shape index (κ2) is 19.5. The van der Waals surface area contributed by atoms with Crippen LogP contribution in [-0.4, -0.2) is 49.2 Å². The Morgan fingerprint density at radius 1 is 0.939 bits per heavy atom. The second-order valence-electron chi connectivity index (χ2n) is 11.3. The zero-order chi connectivity index (χ0) is 35.6. The van der Waals surface area contributed by atoms with Crippen molar-refractivity contribution in [3.63, 3.8) is 0 Å². The first-order chi connectivity index (χ1) is 23.6. The normalized spacial score (nSPS) is 14.6. The Bertz CT molecular complexity index is 1890. The van der Waals surface area contributed by atoms with E-state index in [1.807, 2.05) is 60.7 Å². The largest absolute Gasteiger partial charge is 0.748 e. The topological polar surface area (TPSA) is 153 Å². The highest BCUT2D eigenvalue weighted by Crippen LogP contribution is 2.39. The third-order valence-electron chi connectivity index (χ3n) is 7.79. The molecule has 0 saturated heterocycles. The number of para-hydroxylation sites is 1. The smallest absolute Gasteiger partial charge is 0.270 e. The summed E-state index contributed by atoms with van der Waals surface area (Å²) in [4.78, 5) is 5.70. The second-order valence-corrected chi connectivity index (χ2v) is 12.7. The third-order valence-corrected chi connectivity index (χ3v) is 7.79. The Morgan fingerprint density at radius 2 is 1.57 bits per heavy atom. The van der Waals surface area contributed by atoms with Crippen molar-refractivity contribution in [3.05, 3.63) is 148 Å². The van der Waals surface area contributed by atoms with E-state index < -0.39 is 10.1 Å². The van der Waals surface area contributed by atoms with Gasteiger partial charge in [-0.05, 0) is 66.2 Å². The van der Waals surface area contributed by atoms with Crippen molar-refractivity contribution in [3.8, 4) is 12.1 Å². The molecular weight excluding hydrogens is 637 g/mol. The molecule has 1 aliphatic rings. The van der Waals surface area contributed by atoms with Crippen molar-refractivity contribution in [1.29, 1.82) is 10.5 Å². The number of aliphatic hydroxyl groups is 2. The van der Waals surface area contributed by atoms with E-state index in [4.69, 9.17) is 19.5 Å². The number of benzene rings is 3. The summed E-state index contributed by atoms with van der Waals surface area (Å²) in [5.74, 6) is 0.123. The van der Waals surface area contributed by atoms with Crippen LogP contribution < -0.4 is 4.90 Å². The van der Waals surface area contributed by atoms with Gasteiger partial charge in [-0.25, -0.2) is 18.5 Å². The molecule has 3 aromatic carbocycles. The van der Waals surface area contributed by atoms with Crippen LogP contribution in [0.2, 0.25) is 0 Å². The zero-order valence-corrected chi connectivity index (χ0v) is 28.2. The lowest BCUT2D eigenvalue weighted by Gasteiger charge is -2.33. The SMILES string of the molecule is CS(=O)(=O)[O-].[C-]#[N+]/C(C#N)=C(\C(C#N)=CC=C1C=C(c2ccccc2)c2ccccc2N1CCCCCC(CO)CCO)c1ccccc1. The monoisotopic (exact) mass is 675 g/mol. The lowest BCUT2D eigenvalue weighted by molar-refractivity contribution is 0.174. The Kier molecular flexibility index (Phi) is 15.2. The molecule has 1 heterocycles. The van der Waals surface area contributed by atoms with Gasteiger partial charge in [-0.15, -0.1) is 0 Å². The predicted octanol–water partition coefficient (Wildman–Crippen LogP) is 6.84. The molecule has 2 N–H and O–H groups in total. The van der Waals surface area contributed by atoms with E-state index in [-0.39, 0.29) is 30.4 Å². The van der Waals surface area contributed by atoms with Gasteiger partial charge in [-0.1, -0.05) is 91.7 Å². The lowest BCUT2D eigenvalue weighted by atomic mass is 9.91. The van der Waals surface area contributed by atoms with Gasteiger partial charge in [0.25, 0.3) is 5.70 Å². The quantitative estimate of drug-likeness (QED) is 0.0657. The fourth-order valence-electron chi connectivity index (χ4n) is 5.52. The minimum Gasteiger partial charge on any atom is -0.748 e. The molecule has 0 radical (unpaired) electrons. The van der Waals surface area contributed by atoms with Gasteiger partial charge in [0, 0.05) is 48.5 Å². The maximum absolute atomic E-state index is 10.2. The van der Waals surface area contributed by atoms with Gasteiger partial charge in [0.05, 0.1) is 34.4 Å². The summed E-state index contributed by atoms with van der Waals surface area (Å²) in [6, 6.07) is 31.8. The van der Waals surface area contributed by atoms with Crippen molar-refractivity contribution in [2.45, 2.75) is 32.1 Å². The zero-order valence-electron chi connectivity index (χ0n) is 27.4. The van der Waals surface area contributed by atoms with E-state index in [1.165, 1.54) is 0 Å². The number of hydrogen-bond donors (Lipinski definition) is 2. The van der Waals surface area contributed by atoms with Crippen LogP contribution >= 0.6 is 0 Å². The number of nitriles is 2. The number of rotatable bonds is 13. The molecular formula is C39H39N4O5S-. The maximum atomic E-state index is 10.2. The molecule has 1 atom stereocenters. The molecule has 252 valence electrons. The molecule has 0 bridgehead atoms. The molecule has 0 spiro atoms. The summed E-state index contributed by atoms with van der Waals surface area (Å²) in [6.07, 6.45) is 10.7. The van der Waals surface area contributed by atoms with E-state index in [1.54, 1.807) is 18.2 Å². The molecule has 0 aromatic heterocycles. The summed E-state index contributed by atoms with van der Waals surface area (Å²) in [5.41, 5.74) is 6.31. The van der Waals surface area contributed by atoms with Crippen LogP contribution in [0.3, 0.4) is 0 Å². The van der Waals surface area contributed by atoms with Crippen molar-refractivity contribution < 1.29 is 23.2 Å². The van der Waals surface area contributed by atoms with E-state index in [2.05, 4.69) is 46.2 Å². The first-order valence-corrected chi connectivity index (χ1v) is 17.6. The molecule has 49 heavy (non-hydrogen) atoms. The molecule has 10 heteroatoms. The highest BCUT2D eigenvalue weighted by Gasteiger charge is 2.23. The molecule has 0 saturated carbocycles. The van der Waals surface area contributed by atoms with Crippen LogP contribution in [0.25, 0.3) is 16.0 Å². The molecule has 1 unspecified atom stereocenters. The molecule has 0 aliphatic carbocycles. The predicted molar refractivity (Wildman–Crippen MR) is 191 cm³/mol. The minimum absolute atomic E-state index is 0.0884. The van der Waals surface area contributed by atoms with E-state index in [0.29, 0.717) is 23.8 Å². The van der Waals surface area contributed by atoms with Crippen LogP contribution in [0.4, 0.5) is 5.69 Å². The Morgan fingerprint density at radius 3 is 2.16 bits per heavy atom. The van der Waals surface area contributed by atoms with Gasteiger partial charge in [0.2, 0.25) is 0 Å². The maximum Gasteiger partial charge on any atom is 0.270 e. The number of allylic oxidation sites excluding steroid dienone is 6. The van der Waals surface area contributed by atoms with Crippen molar-refractivity contribution in [2.24, 2.45) is 5.92 Å². The Hall–Kier alpha value is -5.28. The highest BCUT2D eigenvalue weighted by atomic mass is 32.2. The molecule has 9 nitrogen and oxygen atoms in total. The average Bonchev–Trinajstić information content (AvgIpc) is 3.11. The molecule has 0 fully saturated rings. The van der Waals surface area contributed by atoms with Crippen LogP contribution in [0.1, 0.15) is 48.8 Å². The Labute approximate surface area is 289 Å².